The molecule has 0 aromatic carbocycles. The lowest BCUT2D eigenvalue weighted by molar-refractivity contribution is -0.138. The van der Waals surface area contributed by atoms with Crippen molar-refractivity contribution in [2.24, 2.45) is 0 Å². The Morgan fingerprint density at radius 3 is 1.80 bits per heavy atom. The van der Waals surface area contributed by atoms with Gasteiger partial charge in [-0.05, 0) is 12.8 Å². The average molecular weight is 395 g/mol. The van der Waals surface area contributed by atoms with Crippen LogP contribution in [-0.2, 0) is 14.4 Å². The fourth-order valence-electron chi connectivity index (χ4n) is 2.26. The molecule has 0 aliphatic heterocycles. The highest BCUT2D eigenvalue weighted by Crippen LogP contribution is 2.24. The highest BCUT2D eigenvalue weighted by Gasteiger charge is 2.11. The summed E-state index contributed by atoms with van der Waals surface area (Å²) in [7, 11) is 0. The van der Waals surface area contributed by atoms with E-state index in [-0.39, 0.29) is 19.3 Å². The van der Waals surface area contributed by atoms with Crippen molar-refractivity contribution in [3.63, 3.8) is 0 Å². The molecule has 1 unspecified atom stereocenters. The van der Waals surface area contributed by atoms with E-state index in [0.717, 1.165) is 50.7 Å². The zero-order valence-corrected chi connectivity index (χ0v) is 16.3. The Morgan fingerprint density at radius 1 is 0.680 bits per heavy atom. The van der Waals surface area contributed by atoms with Crippen LogP contribution in [0.4, 0.5) is 0 Å². The SMILES string of the molecule is O=C(O)CCCCCCCCC(CSCCC(=O)O)SCCC(=O)O. The maximum absolute atomic E-state index is 10.6. The van der Waals surface area contributed by atoms with E-state index in [1.807, 2.05) is 0 Å². The lowest BCUT2D eigenvalue weighted by atomic mass is 10.1. The minimum Gasteiger partial charge on any atom is -0.481 e. The first kappa shape index (κ1) is 24.1. The maximum atomic E-state index is 10.6. The molecule has 0 radical (unpaired) electrons. The molecule has 25 heavy (non-hydrogen) atoms. The monoisotopic (exact) mass is 394 g/mol. The van der Waals surface area contributed by atoms with Gasteiger partial charge in [0.05, 0.1) is 12.8 Å². The minimum absolute atomic E-state index is 0.157. The number of hydrogen-bond donors (Lipinski definition) is 3. The predicted molar refractivity (Wildman–Crippen MR) is 103 cm³/mol. The van der Waals surface area contributed by atoms with E-state index in [0.29, 0.717) is 16.8 Å². The van der Waals surface area contributed by atoms with Gasteiger partial charge in [-0.25, -0.2) is 0 Å². The molecule has 0 aliphatic rings. The van der Waals surface area contributed by atoms with Gasteiger partial charge in [-0.1, -0.05) is 32.1 Å². The summed E-state index contributed by atoms with van der Waals surface area (Å²) in [5, 5.41) is 26.3. The molecule has 0 aromatic rings. The Morgan fingerprint density at radius 2 is 1.20 bits per heavy atom. The fraction of sp³-hybridized carbons (Fsp3) is 0.824. The molecule has 0 saturated heterocycles. The zero-order chi connectivity index (χ0) is 18.9. The molecule has 0 heterocycles. The molecule has 0 fully saturated rings. The van der Waals surface area contributed by atoms with Gasteiger partial charge in [-0.3, -0.25) is 14.4 Å². The molecule has 0 rings (SSSR count). The lowest BCUT2D eigenvalue weighted by Gasteiger charge is -2.15. The summed E-state index contributed by atoms with van der Waals surface area (Å²) in [5.41, 5.74) is 0. The van der Waals surface area contributed by atoms with Crippen LogP contribution in [0.2, 0.25) is 0 Å². The number of rotatable bonds is 18. The summed E-state index contributed by atoms with van der Waals surface area (Å²) in [6.45, 7) is 0. The molecule has 0 saturated carbocycles. The Balaban J connectivity index is 3.81. The molecule has 3 N–H and O–H groups in total. The number of carboxylic acid groups (broad SMARTS) is 3. The predicted octanol–water partition coefficient (Wildman–Crippen LogP) is 3.98. The number of carbonyl (C=O) groups is 3. The Kier molecular flexibility index (Phi) is 16.0. The number of thioether (sulfide) groups is 2. The first-order valence-corrected chi connectivity index (χ1v) is 11.0. The van der Waals surface area contributed by atoms with E-state index >= 15 is 0 Å². The van der Waals surface area contributed by atoms with Gasteiger partial charge in [0.15, 0.2) is 0 Å². The summed E-state index contributed by atoms with van der Waals surface area (Å²) in [4.78, 5) is 31.6. The van der Waals surface area contributed by atoms with Gasteiger partial charge in [-0.2, -0.15) is 23.5 Å². The summed E-state index contributed by atoms with van der Waals surface area (Å²) in [6, 6.07) is 0. The second-order valence-electron chi connectivity index (χ2n) is 5.91. The van der Waals surface area contributed by atoms with E-state index < -0.39 is 17.9 Å². The molecule has 6 nitrogen and oxygen atoms in total. The zero-order valence-electron chi connectivity index (χ0n) is 14.7. The van der Waals surface area contributed by atoms with Crippen LogP contribution in [0.5, 0.6) is 0 Å². The van der Waals surface area contributed by atoms with Crippen molar-refractivity contribution in [2.45, 2.75) is 69.5 Å². The Labute approximate surface area is 158 Å². The Bertz CT molecular complexity index is 389. The standard InChI is InChI=1S/C17H30O6S2/c18-15(19)8-6-4-2-1-3-5-7-14(25-12-10-17(22)23)13-24-11-9-16(20)21/h14H,1-13H2,(H,18,19)(H,20,21)(H,22,23). The third-order valence-corrected chi connectivity index (χ3v) is 6.26. The summed E-state index contributed by atoms with van der Waals surface area (Å²) in [5.74, 6) is -0.266. The highest BCUT2D eigenvalue weighted by atomic mass is 32.2. The number of hydrogen-bond acceptors (Lipinski definition) is 5. The van der Waals surface area contributed by atoms with Crippen molar-refractivity contribution in [1.29, 1.82) is 0 Å². The maximum Gasteiger partial charge on any atom is 0.304 e. The van der Waals surface area contributed by atoms with E-state index in [9.17, 15) is 14.4 Å². The van der Waals surface area contributed by atoms with Gasteiger partial charge >= 0.3 is 17.9 Å². The second kappa shape index (κ2) is 16.6. The van der Waals surface area contributed by atoms with Crippen LogP contribution < -0.4 is 0 Å². The van der Waals surface area contributed by atoms with Crippen molar-refractivity contribution in [3.8, 4) is 0 Å². The first-order valence-electron chi connectivity index (χ1n) is 8.76. The van der Waals surface area contributed by atoms with E-state index in [1.165, 1.54) is 0 Å². The van der Waals surface area contributed by atoms with Gasteiger partial charge in [0.1, 0.15) is 0 Å². The van der Waals surface area contributed by atoms with Crippen LogP contribution in [0.15, 0.2) is 0 Å². The van der Waals surface area contributed by atoms with Crippen LogP contribution >= 0.6 is 23.5 Å². The first-order chi connectivity index (χ1) is 11.9. The van der Waals surface area contributed by atoms with Gasteiger partial charge in [0.25, 0.3) is 0 Å². The van der Waals surface area contributed by atoms with Crippen LogP contribution in [0.1, 0.15) is 64.2 Å². The van der Waals surface area contributed by atoms with E-state index in [2.05, 4.69) is 0 Å². The second-order valence-corrected chi connectivity index (χ2v) is 8.47. The van der Waals surface area contributed by atoms with Crippen molar-refractivity contribution in [2.75, 3.05) is 17.3 Å². The van der Waals surface area contributed by atoms with E-state index in [4.69, 9.17) is 15.3 Å². The normalized spacial score (nSPS) is 12.0. The number of carboxylic acids is 3. The number of aliphatic carboxylic acids is 3. The minimum atomic E-state index is -0.787. The summed E-state index contributed by atoms with van der Waals surface area (Å²) >= 11 is 3.29. The molecule has 146 valence electrons. The summed E-state index contributed by atoms with van der Waals surface area (Å²) in [6.07, 6.45) is 7.59. The molecular weight excluding hydrogens is 364 g/mol. The highest BCUT2D eigenvalue weighted by molar-refractivity contribution is 8.03. The van der Waals surface area contributed by atoms with Gasteiger partial charge in [0, 0.05) is 28.9 Å². The fourth-order valence-corrected chi connectivity index (χ4v) is 4.81. The van der Waals surface area contributed by atoms with Gasteiger partial charge in [0.2, 0.25) is 0 Å². The quantitative estimate of drug-likeness (QED) is 0.299. The van der Waals surface area contributed by atoms with Crippen molar-refractivity contribution < 1.29 is 29.7 Å². The largest absolute Gasteiger partial charge is 0.481 e. The lowest BCUT2D eigenvalue weighted by Crippen LogP contribution is -2.10. The molecule has 1 atom stereocenters. The van der Waals surface area contributed by atoms with Crippen LogP contribution in [0, 0.1) is 0 Å². The third-order valence-electron chi connectivity index (χ3n) is 3.60. The van der Waals surface area contributed by atoms with Gasteiger partial charge < -0.3 is 15.3 Å². The van der Waals surface area contributed by atoms with Crippen LogP contribution in [-0.4, -0.2) is 55.7 Å². The average Bonchev–Trinajstić information content (AvgIpc) is 2.52. The smallest absolute Gasteiger partial charge is 0.304 e. The van der Waals surface area contributed by atoms with Crippen molar-refractivity contribution >= 4 is 41.4 Å². The topological polar surface area (TPSA) is 112 Å². The van der Waals surface area contributed by atoms with Crippen LogP contribution in [0.3, 0.4) is 0 Å². The molecule has 0 amide bonds. The van der Waals surface area contributed by atoms with Crippen molar-refractivity contribution in [1.82, 2.24) is 0 Å². The molecule has 0 aliphatic carbocycles. The number of unbranched alkanes of at least 4 members (excludes halogenated alkanes) is 5. The Hall–Kier alpha value is -0.890. The molecule has 8 heteroatoms. The van der Waals surface area contributed by atoms with Gasteiger partial charge in [-0.15, -0.1) is 0 Å². The third kappa shape index (κ3) is 19.3. The molecule has 0 spiro atoms. The summed E-state index contributed by atoms with van der Waals surface area (Å²) < 4.78 is 0. The molecule has 0 aromatic heterocycles. The molecule has 0 bridgehead atoms. The van der Waals surface area contributed by atoms with Crippen molar-refractivity contribution in [3.05, 3.63) is 0 Å². The molecular formula is C17H30O6S2. The van der Waals surface area contributed by atoms with Crippen LogP contribution in [0.25, 0.3) is 0 Å². The van der Waals surface area contributed by atoms with E-state index in [1.54, 1.807) is 23.5 Å².